The molecule has 1 aliphatic carbocycles. The van der Waals surface area contributed by atoms with Gasteiger partial charge in [0, 0.05) is 0 Å². The van der Waals surface area contributed by atoms with E-state index < -0.39 is 78.6 Å². The summed E-state index contributed by atoms with van der Waals surface area (Å²) in [6.45, 7) is 2.47. The second-order valence-electron chi connectivity index (χ2n) is 9.37. The van der Waals surface area contributed by atoms with Gasteiger partial charge in [-0.15, -0.1) is 3.63 Å². The normalized spacial score (nSPS) is 18.8. The molecular weight excluding hydrogens is 614 g/mol. The molecule has 1 fully saturated rings. The van der Waals surface area contributed by atoms with Gasteiger partial charge in [-0.1, -0.05) is 19.3 Å². The molecule has 9 nitrogen and oxygen atoms in total. The van der Waals surface area contributed by atoms with E-state index in [4.69, 9.17) is 0 Å². The second-order valence-corrected chi connectivity index (χ2v) is 12.8. The van der Waals surface area contributed by atoms with Crippen LogP contribution in [-0.2, 0) is 42.9 Å². The van der Waals surface area contributed by atoms with Gasteiger partial charge in [0.2, 0.25) is 0 Å². The average molecular weight is 636 g/mol. The van der Waals surface area contributed by atoms with Crippen molar-refractivity contribution in [2.24, 2.45) is 11.3 Å². The van der Waals surface area contributed by atoms with Gasteiger partial charge in [0.25, 0.3) is 12.2 Å². The third-order valence-electron chi connectivity index (χ3n) is 5.06. The van der Waals surface area contributed by atoms with Crippen LogP contribution in [0, 0.1) is 11.3 Å². The summed E-state index contributed by atoms with van der Waals surface area (Å²) in [6.07, 6.45) is -22.3. The number of hydrogen-bond donors (Lipinski definition) is 0. The van der Waals surface area contributed by atoms with E-state index in [1.807, 2.05) is 0 Å². The quantitative estimate of drug-likeness (QED) is 0.267. The smallest absolute Gasteiger partial charge is 0.432 e. The fourth-order valence-corrected chi connectivity index (χ4v) is 5.51. The maximum Gasteiger partial charge on any atom is 0.432 e. The van der Waals surface area contributed by atoms with Crippen LogP contribution in [0.1, 0.15) is 52.9 Å². The first-order chi connectivity index (χ1) is 17.1. The van der Waals surface area contributed by atoms with E-state index in [9.17, 15) is 70.3 Å². The zero-order valence-corrected chi connectivity index (χ0v) is 21.7. The van der Waals surface area contributed by atoms with Gasteiger partial charge in [-0.3, -0.25) is 9.59 Å². The Kier molecular flexibility index (Phi) is 10.1. The molecule has 0 spiro atoms. The highest BCUT2D eigenvalue weighted by atomic mass is 32.3. The molecule has 0 aromatic rings. The molecular formula is C18H22F10O9S2. The van der Waals surface area contributed by atoms with Crippen LogP contribution in [0.5, 0.6) is 0 Å². The van der Waals surface area contributed by atoms with Crippen molar-refractivity contribution in [3.8, 4) is 0 Å². The lowest BCUT2D eigenvalue weighted by molar-refractivity contribution is -0.262. The Hall–Kier alpha value is -1.90. The molecule has 1 saturated carbocycles. The summed E-state index contributed by atoms with van der Waals surface area (Å²) in [7, 11) is -15.6. The molecule has 0 bridgehead atoms. The fraction of sp³-hybridized carbons (Fsp3) is 0.889. The highest BCUT2D eigenvalue weighted by Crippen LogP contribution is 2.44. The van der Waals surface area contributed by atoms with Crippen LogP contribution in [-0.4, -0.2) is 63.8 Å². The first kappa shape index (κ1) is 35.1. The molecule has 0 saturated heterocycles. The Morgan fingerprint density at radius 2 is 1.03 bits per heavy atom. The summed E-state index contributed by atoms with van der Waals surface area (Å²) in [4.78, 5) is 23.6. The lowest BCUT2D eigenvalue weighted by atomic mass is 9.89. The predicted octanol–water partition coefficient (Wildman–Crippen LogP) is 4.42. The number of alkyl halides is 10. The Morgan fingerprint density at radius 1 is 0.667 bits per heavy atom. The van der Waals surface area contributed by atoms with Crippen LogP contribution >= 0.6 is 0 Å². The van der Waals surface area contributed by atoms with E-state index in [1.54, 1.807) is 0 Å². The Morgan fingerprint density at radius 3 is 1.36 bits per heavy atom. The van der Waals surface area contributed by atoms with Gasteiger partial charge in [-0.05, 0) is 33.6 Å². The molecule has 0 heterocycles. The Balaban J connectivity index is 3.45. The Bertz CT molecular complexity index is 1120. The van der Waals surface area contributed by atoms with Gasteiger partial charge in [-0.25, -0.2) is 0 Å². The number of ether oxygens (including phenoxy) is 2. The maximum atomic E-state index is 14.5. The van der Waals surface area contributed by atoms with Crippen LogP contribution in [0.15, 0.2) is 0 Å². The number of carbonyl (C=O) groups is 2. The highest BCUT2D eigenvalue weighted by Gasteiger charge is 2.72. The van der Waals surface area contributed by atoms with Crippen LogP contribution in [0.3, 0.4) is 0 Å². The van der Waals surface area contributed by atoms with Crippen LogP contribution in [0.25, 0.3) is 0 Å². The number of carbonyl (C=O) groups excluding carboxylic acids is 2. The van der Waals surface area contributed by atoms with Crippen molar-refractivity contribution in [3.05, 3.63) is 0 Å². The standard InChI is InChI=1S/C18H22F10O9S2/c1-14(2,3)13(30)36-12(16(22,23)24)18(27,28)39(33,34)37-38(31,32)17(25,26)11(15(19,20)21)35-10(29)9-7-5-4-6-8-9/h9,11-12H,4-8H2,1-3H3. The van der Waals surface area contributed by atoms with Gasteiger partial charge in [-0.2, -0.15) is 60.7 Å². The molecule has 0 radical (unpaired) electrons. The van der Waals surface area contributed by atoms with Gasteiger partial charge < -0.3 is 9.47 Å². The molecule has 2 atom stereocenters. The predicted molar refractivity (Wildman–Crippen MR) is 107 cm³/mol. The molecule has 1 aliphatic rings. The summed E-state index contributed by atoms with van der Waals surface area (Å²) >= 11 is 0. The topological polar surface area (TPSA) is 130 Å². The van der Waals surface area contributed by atoms with E-state index in [-0.39, 0.29) is 25.7 Å². The van der Waals surface area contributed by atoms with Crippen molar-refractivity contribution >= 4 is 32.2 Å². The van der Waals surface area contributed by atoms with Crippen LogP contribution in [0.4, 0.5) is 43.9 Å². The lowest BCUT2D eigenvalue weighted by Crippen LogP contribution is -2.57. The van der Waals surface area contributed by atoms with Gasteiger partial charge >= 0.3 is 55.0 Å². The molecule has 21 heteroatoms. The van der Waals surface area contributed by atoms with E-state index in [0.717, 1.165) is 20.8 Å². The summed E-state index contributed by atoms with van der Waals surface area (Å²) in [6, 6.07) is 0. The average Bonchev–Trinajstić information content (AvgIpc) is 2.72. The number of halogens is 10. The largest absolute Gasteiger partial charge is 0.444 e. The zero-order chi connectivity index (χ0) is 31.0. The van der Waals surface area contributed by atoms with E-state index in [2.05, 4.69) is 13.1 Å². The summed E-state index contributed by atoms with van der Waals surface area (Å²) in [5.41, 5.74) is -1.99. The molecule has 0 N–H and O–H groups in total. The van der Waals surface area contributed by atoms with Crippen LogP contribution in [0.2, 0.25) is 0 Å². The van der Waals surface area contributed by atoms with Gasteiger partial charge in [0.15, 0.2) is 0 Å². The highest BCUT2D eigenvalue weighted by molar-refractivity contribution is 8.00. The minimum absolute atomic E-state index is 0.148. The minimum Gasteiger partial charge on any atom is -0.444 e. The molecule has 2 unspecified atom stereocenters. The maximum absolute atomic E-state index is 14.5. The molecule has 1 rings (SSSR count). The lowest BCUT2D eigenvalue weighted by Gasteiger charge is -2.31. The summed E-state index contributed by atoms with van der Waals surface area (Å²) in [5.74, 6) is -5.51. The summed E-state index contributed by atoms with van der Waals surface area (Å²) < 4.78 is 194. The zero-order valence-electron chi connectivity index (χ0n) is 20.0. The molecule has 39 heavy (non-hydrogen) atoms. The Labute approximate surface area is 215 Å². The van der Waals surface area contributed by atoms with Crippen molar-refractivity contribution in [1.29, 1.82) is 0 Å². The van der Waals surface area contributed by atoms with Gasteiger partial charge in [0.05, 0.1) is 11.3 Å². The number of hydrogen-bond acceptors (Lipinski definition) is 9. The van der Waals surface area contributed by atoms with Gasteiger partial charge in [0.1, 0.15) is 0 Å². The minimum atomic E-state index is -7.81. The van der Waals surface area contributed by atoms with E-state index in [0.29, 0.717) is 6.42 Å². The van der Waals surface area contributed by atoms with Crippen molar-refractivity contribution in [2.75, 3.05) is 0 Å². The molecule has 0 aromatic carbocycles. The van der Waals surface area contributed by atoms with Crippen LogP contribution < -0.4 is 0 Å². The third-order valence-corrected chi connectivity index (χ3v) is 8.26. The van der Waals surface area contributed by atoms with E-state index >= 15 is 0 Å². The number of rotatable bonds is 9. The van der Waals surface area contributed by atoms with Crippen molar-refractivity contribution in [3.63, 3.8) is 0 Å². The third kappa shape index (κ3) is 8.08. The number of esters is 2. The molecule has 0 aromatic heterocycles. The first-order valence-electron chi connectivity index (χ1n) is 10.6. The van der Waals surface area contributed by atoms with Crippen molar-refractivity contribution < 1.29 is 83.4 Å². The molecule has 0 amide bonds. The fourth-order valence-electron chi connectivity index (χ4n) is 2.96. The SMILES string of the molecule is CC(C)(C)C(=O)OC(C(F)(F)F)C(F)(F)S(=O)(=O)OS(=O)(=O)C(F)(F)C(OC(=O)C1CCCCC1)C(F)(F)F. The van der Waals surface area contributed by atoms with Crippen molar-refractivity contribution in [1.82, 2.24) is 0 Å². The second kappa shape index (κ2) is 11.2. The van der Waals surface area contributed by atoms with Crippen molar-refractivity contribution in [2.45, 2.75) is 87.9 Å². The monoisotopic (exact) mass is 636 g/mol. The summed E-state index contributed by atoms with van der Waals surface area (Å²) in [5, 5.41) is -13.4. The van der Waals surface area contributed by atoms with E-state index in [1.165, 1.54) is 0 Å². The first-order valence-corrected chi connectivity index (χ1v) is 13.4. The molecule has 0 aliphatic heterocycles. The molecule has 230 valence electrons.